The number of halogens is 1. The van der Waals surface area contributed by atoms with E-state index in [1.165, 1.54) is 4.46 Å². The molecule has 28 heavy (non-hydrogen) atoms. The first-order chi connectivity index (χ1) is 13.6. The Kier molecular flexibility index (Phi) is 6.82. The van der Waals surface area contributed by atoms with Crippen molar-refractivity contribution in [3.05, 3.63) is 102 Å². The summed E-state index contributed by atoms with van der Waals surface area (Å²) >= 11 is 0.0978. The number of carbonyl (C=O) groups is 1. The van der Waals surface area contributed by atoms with Crippen LogP contribution in [-0.4, -0.2) is 26.4 Å². The number of hydrogen-bond donors (Lipinski definition) is 0. The number of Topliss-reactive ketones (excluding diaryl/α,β-unsaturated/α-hetero) is 1. The predicted octanol–water partition coefficient (Wildman–Crippen LogP) is 4.78. The van der Waals surface area contributed by atoms with Gasteiger partial charge in [-0.1, -0.05) is 0 Å². The SMILES string of the molecule is Cc1ccc(C(=O)C(F)(C#Cc2ccccc2)CC[Se]c2ccccc2)cc1. The van der Waals surface area contributed by atoms with E-state index >= 15 is 4.39 Å². The first-order valence-electron chi connectivity index (χ1n) is 9.13. The van der Waals surface area contributed by atoms with Crippen molar-refractivity contribution in [2.45, 2.75) is 24.3 Å². The number of rotatable bonds is 6. The van der Waals surface area contributed by atoms with Crippen molar-refractivity contribution in [3.63, 3.8) is 0 Å². The minimum absolute atomic E-state index is 0.0917. The number of hydrogen-bond acceptors (Lipinski definition) is 1. The Bertz CT molecular complexity index is 972. The number of benzene rings is 3. The van der Waals surface area contributed by atoms with Gasteiger partial charge in [0.2, 0.25) is 0 Å². The summed E-state index contributed by atoms with van der Waals surface area (Å²) in [5.74, 6) is 4.96. The van der Waals surface area contributed by atoms with Crippen molar-refractivity contribution in [3.8, 4) is 11.8 Å². The Hall–Kier alpha value is -2.66. The van der Waals surface area contributed by atoms with Gasteiger partial charge in [-0.3, -0.25) is 0 Å². The van der Waals surface area contributed by atoms with E-state index in [1.54, 1.807) is 12.1 Å². The van der Waals surface area contributed by atoms with Crippen LogP contribution in [0.3, 0.4) is 0 Å². The number of aryl methyl sites for hydroxylation is 1. The van der Waals surface area contributed by atoms with Crippen LogP contribution in [0.2, 0.25) is 5.32 Å². The molecule has 1 atom stereocenters. The van der Waals surface area contributed by atoms with E-state index in [4.69, 9.17) is 0 Å². The van der Waals surface area contributed by atoms with Crippen LogP contribution in [-0.2, 0) is 0 Å². The Morgan fingerprint density at radius 2 is 1.54 bits per heavy atom. The molecule has 0 aliphatic rings. The fourth-order valence-corrected chi connectivity index (χ4v) is 4.72. The average molecular weight is 435 g/mol. The molecular formula is C25H21FOSe. The van der Waals surface area contributed by atoms with Crippen molar-refractivity contribution in [1.82, 2.24) is 0 Å². The predicted molar refractivity (Wildman–Crippen MR) is 114 cm³/mol. The number of ketones is 1. The summed E-state index contributed by atoms with van der Waals surface area (Å²) < 4.78 is 17.0. The maximum absolute atomic E-state index is 15.8. The van der Waals surface area contributed by atoms with Crippen LogP contribution in [0.1, 0.15) is 27.9 Å². The van der Waals surface area contributed by atoms with Crippen molar-refractivity contribution < 1.29 is 9.18 Å². The molecule has 1 nitrogen and oxygen atoms in total. The fourth-order valence-electron chi connectivity index (χ4n) is 2.69. The van der Waals surface area contributed by atoms with Crippen molar-refractivity contribution >= 4 is 25.2 Å². The molecular weight excluding hydrogens is 414 g/mol. The zero-order valence-electron chi connectivity index (χ0n) is 15.7. The molecule has 0 saturated heterocycles. The van der Waals surface area contributed by atoms with E-state index in [0.29, 0.717) is 16.4 Å². The van der Waals surface area contributed by atoms with Crippen LogP contribution in [0, 0.1) is 18.8 Å². The van der Waals surface area contributed by atoms with Gasteiger partial charge in [0.25, 0.3) is 0 Å². The zero-order valence-corrected chi connectivity index (χ0v) is 17.4. The van der Waals surface area contributed by atoms with Crippen LogP contribution >= 0.6 is 0 Å². The van der Waals surface area contributed by atoms with E-state index in [2.05, 4.69) is 11.8 Å². The second-order valence-corrected chi connectivity index (χ2v) is 8.98. The van der Waals surface area contributed by atoms with Gasteiger partial charge in [-0.05, 0) is 0 Å². The van der Waals surface area contributed by atoms with Gasteiger partial charge in [-0.25, -0.2) is 0 Å². The monoisotopic (exact) mass is 436 g/mol. The Labute approximate surface area is 172 Å². The standard InChI is InChI=1S/C25H21FOSe/c1-20-12-14-22(15-13-20)24(27)25(26,17-16-21-8-4-2-5-9-21)18-19-28-23-10-6-3-7-11-23/h2-15H,18-19H2,1H3. The molecule has 3 rings (SSSR count). The van der Waals surface area contributed by atoms with E-state index in [1.807, 2.05) is 79.7 Å². The summed E-state index contributed by atoms with van der Waals surface area (Å²) in [4.78, 5) is 13.0. The second kappa shape index (κ2) is 9.51. The molecule has 0 bridgehead atoms. The molecule has 0 aliphatic carbocycles. The first-order valence-corrected chi connectivity index (χ1v) is 11.2. The Morgan fingerprint density at radius 3 is 2.18 bits per heavy atom. The summed E-state index contributed by atoms with van der Waals surface area (Å²) in [5, 5.41) is 0.606. The van der Waals surface area contributed by atoms with Crippen LogP contribution in [0.5, 0.6) is 0 Å². The van der Waals surface area contributed by atoms with Crippen LogP contribution in [0.4, 0.5) is 4.39 Å². The van der Waals surface area contributed by atoms with Gasteiger partial charge in [-0.15, -0.1) is 0 Å². The van der Waals surface area contributed by atoms with Gasteiger partial charge in [0, 0.05) is 0 Å². The van der Waals surface area contributed by atoms with Crippen molar-refractivity contribution in [2.24, 2.45) is 0 Å². The molecule has 140 valence electrons. The molecule has 0 fully saturated rings. The van der Waals surface area contributed by atoms with Gasteiger partial charge in [0.1, 0.15) is 0 Å². The first kappa shape index (κ1) is 20.1. The summed E-state index contributed by atoms with van der Waals surface area (Å²) in [5.41, 5.74) is -0.0944. The molecule has 1 unspecified atom stereocenters. The molecule has 3 aromatic rings. The topological polar surface area (TPSA) is 17.1 Å². The van der Waals surface area contributed by atoms with E-state index in [9.17, 15) is 4.79 Å². The minimum atomic E-state index is -2.19. The summed E-state index contributed by atoms with van der Waals surface area (Å²) in [6.07, 6.45) is 0.0917. The Morgan fingerprint density at radius 1 is 0.929 bits per heavy atom. The van der Waals surface area contributed by atoms with E-state index in [-0.39, 0.29) is 21.4 Å². The van der Waals surface area contributed by atoms with Gasteiger partial charge >= 0.3 is 172 Å². The van der Waals surface area contributed by atoms with Crippen LogP contribution in [0.15, 0.2) is 84.9 Å². The Balaban J connectivity index is 1.83. The van der Waals surface area contributed by atoms with Gasteiger partial charge < -0.3 is 0 Å². The van der Waals surface area contributed by atoms with Gasteiger partial charge in [0.15, 0.2) is 0 Å². The third kappa shape index (κ3) is 5.42. The molecule has 3 heteroatoms. The molecule has 0 amide bonds. The zero-order chi connectivity index (χ0) is 19.8. The quantitative estimate of drug-likeness (QED) is 0.310. The summed E-state index contributed by atoms with van der Waals surface area (Å²) in [6, 6.07) is 26.2. The molecule has 0 aliphatic heterocycles. The van der Waals surface area contributed by atoms with E-state index in [0.717, 1.165) is 5.56 Å². The van der Waals surface area contributed by atoms with Crippen LogP contribution in [0.25, 0.3) is 0 Å². The third-order valence-electron chi connectivity index (χ3n) is 4.31. The summed E-state index contributed by atoms with van der Waals surface area (Å²) in [7, 11) is 0. The fraction of sp³-hybridized carbons (Fsp3) is 0.160. The summed E-state index contributed by atoms with van der Waals surface area (Å²) in [6.45, 7) is 1.94. The normalized spacial score (nSPS) is 12.5. The van der Waals surface area contributed by atoms with Crippen LogP contribution < -0.4 is 4.46 Å². The average Bonchev–Trinajstić information content (AvgIpc) is 2.74. The molecule has 0 heterocycles. The van der Waals surface area contributed by atoms with Gasteiger partial charge in [-0.2, -0.15) is 0 Å². The molecule has 0 N–H and O–H groups in total. The molecule has 0 radical (unpaired) electrons. The maximum atomic E-state index is 15.8. The van der Waals surface area contributed by atoms with E-state index < -0.39 is 11.5 Å². The third-order valence-corrected chi connectivity index (χ3v) is 6.44. The number of carbonyl (C=O) groups excluding carboxylic acids is 1. The van der Waals surface area contributed by atoms with Gasteiger partial charge in [0.05, 0.1) is 0 Å². The second-order valence-electron chi connectivity index (χ2n) is 6.52. The molecule has 3 aromatic carbocycles. The number of alkyl halides is 1. The molecule has 0 saturated carbocycles. The molecule has 0 spiro atoms. The van der Waals surface area contributed by atoms with Crippen molar-refractivity contribution in [2.75, 3.05) is 0 Å². The van der Waals surface area contributed by atoms with Crippen molar-refractivity contribution in [1.29, 1.82) is 0 Å². The molecule has 0 aromatic heterocycles.